The minimum absolute atomic E-state index is 0.280. The first kappa shape index (κ1) is 16.0. The first-order valence-electron chi connectivity index (χ1n) is 6.43. The van der Waals surface area contributed by atoms with Crippen LogP contribution in [0.3, 0.4) is 0 Å². The average Bonchev–Trinajstić information content (AvgIpc) is 2.39. The van der Waals surface area contributed by atoms with Crippen LogP contribution < -0.4 is 10.6 Å². The molecule has 1 aromatic heterocycles. The Bertz CT molecular complexity index is 655. The smallest absolute Gasteiger partial charge is 0.139 e. The van der Waals surface area contributed by atoms with Crippen molar-refractivity contribution >= 4 is 44.9 Å². The highest BCUT2D eigenvalue weighted by Gasteiger charge is 2.13. The van der Waals surface area contributed by atoms with E-state index in [1.165, 1.54) is 12.1 Å². The van der Waals surface area contributed by atoms with Gasteiger partial charge in [0.25, 0.3) is 0 Å². The van der Waals surface area contributed by atoms with Crippen molar-refractivity contribution in [1.82, 2.24) is 9.97 Å². The van der Waals surface area contributed by atoms with Crippen molar-refractivity contribution in [3.8, 4) is 0 Å². The van der Waals surface area contributed by atoms with Crippen LogP contribution in [0.4, 0.5) is 21.7 Å². The van der Waals surface area contributed by atoms with Gasteiger partial charge in [0.05, 0.1) is 10.7 Å². The van der Waals surface area contributed by atoms with E-state index in [1.807, 2.05) is 20.8 Å². The quantitative estimate of drug-likeness (QED) is 0.806. The van der Waals surface area contributed by atoms with Gasteiger partial charge in [-0.25, -0.2) is 14.4 Å². The number of aryl methyl sites for hydroxylation is 1. The Balaban J connectivity index is 2.45. The fourth-order valence-corrected chi connectivity index (χ4v) is 2.77. The predicted molar refractivity (Wildman–Crippen MR) is 88.1 cm³/mol. The standard InChI is InChI=1S/C14H15BrClFN4/c1-4-18-13-7(2)14(20-8(3)19-13)21-12-10(15)5-9(17)6-11(12)16/h5-6H,4H2,1-3H3,(H2,18,19,20,21). The number of hydrogen-bond donors (Lipinski definition) is 2. The van der Waals surface area contributed by atoms with Crippen molar-refractivity contribution in [2.75, 3.05) is 17.2 Å². The molecule has 0 unspecified atom stereocenters. The lowest BCUT2D eigenvalue weighted by molar-refractivity contribution is 0.627. The van der Waals surface area contributed by atoms with Gasteiger partial charge in [0.2, 0.25) is 0 Å². The number of rotatable bonds is 4. The summed E-state index contributed by atoms with van der Waals surface area (Å²) in [6.07, 6.45) is 0. The molecule has 0 saturated carbocycles. The molecular formula is C14H15BrClFN4. The Morgan fingerprint density at radius 3 is 2.52 bits per heavy atom. The number of nitrogens with one attached hydrogen (secondary N) is 2. The van der Waals surface area contributed by atoms with E-state index in [1.54, 1.807) is 0 Å². The number of nitrogens with zero attached hydrogens (tertiary/aromatic N) is 2. The third-order valence-corrected chi connectivity index (χ3v) is 3.78. The van der Waals surface area contributed by atoms with Crippen molar-refractivity contribution in [3.63, 3.8) is 0 Å². The van der Waals surface area contributed by atoms with Crippen LogP contribution in [0.5, 0.6) is 0 Å². The second-order valence-electron chi connectivity index (χ2n) is 4.49. The lowest BCUT2D eigenvalue weighted by atomic mass is 10.2. The summed E-state index contributed by atoms with van der Waals surface area (Å²) in [4.78, 5) is 8.74. The molecule has 0 aliphatic carbocycles. The lowest BCUT2D eigenvalue weighted by Crippen LogP contribution is -2.08. The molecule has 2 rings (SSSR count). The van der Waals surface area contributed by atoms with Crippen molar-refractivity contribution in [2.45, 2.75) is 20.8 Å². The number of halogens is 3. The summed E-state index contributed by atoms with van der Waals surface area (Å²) in [5.74, 6) is 1.63. The van der Waals surface area contributed by atoms with E-state index in [-0.39, 0.29) is 5.02 Å². The molecule has 0 bridgehead atoms. The first-order valence-corrected chi connectivity index (χ1v) is 7.60. The molecule has 0 aliphatic rings. The van der Waals surface area contributed by atoms with Gasteiger partial charge >= 0.3 is 0 Å². The SMILES string of the molecule is CCNc1nc(C)nc(Nc2c(Cl)cc(F)cc2Br)c1C. The highest BCUT2D eigenvalue weighted by Crippen LogP contribution is 2.35. The Kier molecular flexibility index (Phi) is 5.00. The van der Waals surface area contributed by atoms with Gasteiger partial charge in [-0.15, -0.1) is 0 Å². The molecule has 0 amide bonds. The minimum atomic E-state index is -0.402. The fourth-order valence-electron chi connectivity index (χ4n) is 1.87. The van der Waals surface area contributed by atoms with E-state index in [9.17, 15) is 4.39 Å². The molecular weight excluding hydrogens is 359 g/mol. The highest BCUT2D eigenvalue weighted by atomic mass is 79.9. The molecule has 7 heteroatoms. The summed E-state index contributed by atoms with van der Waals surface area (Å²) in [6.45, 7) is 6.48. The number of hydrogen-bond acceptors (Lipinski definition) is 4. The zero-order valence-electron chi connectivity index (χ0n) is 11.9. The van der Waals surface area contributed by atoms with E-state index >= 15 is 0 Å². The normalized spacial score (nSPS) is 10.6. The minimum Gasteiger partial charge on any atom is -0.370 e. The Morgan fingerprint density at radius 1 is 1.24 bits per heavy atom. The Hall–Kier alpha value is -1.40. The molecule has 21 heavy (non-hydrogen) atoms. The molecule has 2 aromatic rings. The van der Waals surface area contributed by atoms with Crippen LogP contribution in [0.15, 0.2) is 16.6 Å². The Morgan fingerprint density at radius 2 is 1.90 bits per heavy atom. The van der Waals surface area contributed by atoms with Gasteiger partial charge in [-0.3, -0.25) is 0 Å². The van der Waals surface area contributed by atoms with E-state index in [2.05, 4.69) is 36.5 Å². The van der Waals surface area contributed by atoms with Crippen LogP contribution in [0, 0.1) is 19.7 Å². The van der Waals surface area contributed by atoms with Gasteiger partial charge < -0.3 is 10.6 Å². The van der Waals surface area contributed by atoms with Crippen LogP contribution in [-0.2, 0) is 0 Å². The van der Waals surface area contributed by atoms with Crippen LogP contribution in [0.1, 0.15) is 18.3 Å². The molecule has 0 spiro atoms. The van der Waals surface area contributed by atoms with E-state index in [0.717, 1.165) is 17.9 Å². The van der Waals surface area contributed by atoms with Crippen LogP contribution in [0.25, 0.3) is 0 Å². The molecule has 112 valence electrons. The molecule has 4 nitrogen and oxygen atoms in total. The summed E-state index contributed by atoms with van der Waals surface area (Å²) >= 11 is 9.39. The lowest BCUT2D eigenvalue weighted by Gasteiger charge is -2.15. The van der Waals surface area contributed by atoms with Crippen LogP contribution in [-0.4, -0.2) is 16.5 Å². The fraction of sp³-hybridized carbons (Fsp3) is 0.286. The zero-order valence-corrected chi connectivity index (χ0v) is 14.2. The summed E-state index contributed by atoms with van der Waals surface area (Å²) in [6, 6.07) is 2.60. The third-order valence-electron chi connectivity index (χ3n) is 2.85. The van der Waals surface area contributed by atoms with E-state index < -0.39 is 5.82 Å². The van der Waals surface area contributed by atoms with Crippen molar-refractivity contribution in [3.05, 3.63) is 38.8 Å². The Labute approximate surface area is 136 Å². The first-order chi connectivity index (χ1) is 9.92. The van der Waals surface area contributed by atoms with Gasteiger partial charge in [-0.2, -0.15) is 0 Å². The molecule has 0 aliphatic heterocycles. The summed E-state index contributed by atoms with van der Waals surface area (Å²) in [5.41, 5.74) is 1.44. The molecule has 0 saturated heterocycles. The summed E-state index contributed by atoms with van der Waals surface area (Å²) in [5, 5.41) is 6.60. The number of aromatic nitrogens is 2. The van der Waals surface area contributed by atoms with Crippen LogP contribution in [0.2, 0.25) is 5.02 Å². The van der Waals surface area contributed by atoms with Gasteiger partial charge in [0, 0.05) is 16.6 Å². The van der Waals surface area contributed by atoms with Crippen LogP contribution >= 0.6 is 27.5 Å². The van der Waals surface area contributed by atoms with E-state index in [4.69, 9.17) is 11.6 Å². The maximum Gasteiger partial charge on any atom is 0.139 e. The zero-order chi connectivity index (χ0) is 15.6. The second-order valence-corrected chi connectivity index (χ2v) is 5.75. The molecule has 0 fully saturated rings. The molecule has 1 heterocycles. The summed E-state index contributed by atoms with van der Waals surface area (Å²) < 4.78 is 13.8. The maximum absolute atomic E-state index is 13.3. The third kappa shape index (κ3) is 3.63. The van der Waals surface area contributed by atoms with Gasteiger partial charge in [-0.05, 0) is 48.8 Å². The maximum atomic E-state index is 13.3. The van der Waals surface area contributed by atoms with Gasteiger partial charge in [0.15, 0.2) is 0 Å². The molecule has 0 radical (unpaired) electrons. The second kappa shape index (κ2) is 6.58. The van der Waals surface area contributed by atoms with Gasteiger partial charge in [-0.1, -0.05) is 11.6 Å². The molecule has 1 aromatic carbocycles. The number of benzene rings is 1. The molecule has 0 atom stereocenters. The highest BCUT2D eigenvalue weighted by molar-refractivity contribution is 9.10. The van der Waals surface area contributed by atoms with E-state index in [0.29, 0.717) is 21.8 Å². The van der Waals surface area contributed by atoms with Gasteiger partial charge in [0.1, 0.15) is 23.3 Å². The predicted octanol–water partition coefficient (Wildman–Crippen LogP) is 4.82. The van der Waals surface area contributed by atoms with Crippen molar-refractivity contribution < 1.29 is 4.39 Å². The van der Waals surface area contributed by atoms with Crippen molar-refractivity contribution in [2.24, 2.45) is 0 Å². The molecule has 2 N–H and O–H groups in total. The average molecular weight is 374 g/mol. The monoisotopic (exact) mass is 372 g/mol. The van der Waals surface area contributed by atoms with Crippen molar-refractivity contribution in [1.29, 1.82) is 0 Å². The largest absolute Gasteiger partial charge is 0.370 e. The summed E-state index contributed by atoms with van der Waals surface area (Å²) in [7, 11) is 0. The number of anilines is 3. The topological polar surface area (TPSA) is 49.8 Å².